The quantitative estimate of drug-likeness (QED) is 0.660. The first kappa shape index (κ1) is 18.2. The number of hydrogen-bond donors (Lipinski definition) is 1. The molecule has 1 amide bonds. The minimum Gasteiger partial charge on any atom is -0.464 e. The van der Waals surface area contributed by atoms with Crippen LogP contribution >= 0.6 is 11.3 Å². The number of thiophene rings is 1. The van der Waals surface area contributed by atoms with Crippen LogP contribution in [-0.2, 0) is 28.9 Å². The maximum atomic E-state index is 12.6. The van der Waals surface area contributed by atoms with Crippen LogP contribution in [0.1, 0.15) is 34.8 Å². The smallest absolute Gasteiger partial charge is 0.354 e. The van der Waals surface area contributed by atoms with Gasteiger partial charge in [0.2, 0.25) is 5.91 Å². The monoisotopic (exact) mass is 370 g/mol. The van der Waals surface area contributed by atoms with Crippen molar-refractivity contribution in [3.05, 3.63) is 52.5 Å². The molecule has 0 fully saturated rings. The molecule has 1 N–H and O–H groups in total. The number of rotatable bonds is 6. The molecule has 0 unspecified atom stereocenters. The topological polar surface area (TPSA) is 60.3 Å². The molecule has 3 rings (SSSR count). The average molecular weight is 370 g/mol. The van der Waals surface area contributed by atoms with Gasteiger partial charge in [0, 0.05) is 10.6 Å². The van der Waals surface area contributed by atoms with Crippen LogP contribution in [-0.4, -0.2) is 23.6 Å². The Kier molecular flexibility index (Phi) is 5.42. The van der Waals surface area contributed by atoms with Crippen molar-refractivity contribution in [3.8, 4) is 0 Å². The number of nitrogens with zero attached hydrogens (tertiary/aromatic N) is 1. The third-order valence-electron chi connectivity index (χ3n) is 4.30. The van der Waals surface area contributed by atoms with Crippen LogP contribution in [0.4, 0.5) is 5.69 Å². The summed E-state index contributed by atoms with van der Waals surface area (Å²) in [7, 11) is 1.35. The highest BCUT2D eigenvalue weighted by Crippen LogP contribution is 2.30. The van der Waals surface area contributed by atoms with Crippen molar-refractivity contribution in [2.75, 3.05) is 12.4 Å². The molecule has 136 valence electrons. The second-order valence-electron chi connectivity index (χ2n) is 6.03. The van der Waals surface area contributed by atoms with Crippen molar-refractivity contribution in [2.24, 2.45) is 0 Å². The molecule has 2 aromatic heterocycles. The molecule has 3 aromatic rings. The van der Waals surface area contributed by atoms with Crippen molar-refractivity contribution < 1.29 is 14.3 Å². The zero-order valence-electron chi connectivity index (χ0n) is 15.2. The largest absolute Gasteiger partial charge is 0.464 e. The molecule has 26 heavy (non-hydrogen) atoms. The van der Waals surface area contributed by atoms with Crippen LogP contribution in [0.15, 0.2) is 36.4 Å². The zero-order valence-corrected chi connectivity index (χ0v) is 16.0. The number of hydrogen-bond acceptors (Lipinski definition) is 4. The maximum Gasteiger partial charge on any atom is 0.354 e. The molecular weight excluding hydrogens is 348 g/mol. The number of carbonyl (C=O) groups is 2. The molecule has 0 aliphatic heterocycles. The van der Waals surface area contributed by atoms with E-state index in [1.165, 1.54) is 12.0 Å². The van der Waals surface area contributed by atoms with Gasteiger partial charge in [0.15, 0.2) is 0 Å². The van der Waals surface area contributed by atoms with Gasteiger partial charge in [0.1, 0.15) is 12.2 Å². The number of esters is 1. The Morgan fingerprint density at radius 1 is 1.15 bits per heavy atom. The van der Waals surface area contributed by atoms with Crippen molar-refractivity contribution in [2.45, 2.75) is 33.2 Å². The van der Waals surface area contributed by atoms with Gasteiger partial charge in [-0.2, -0.15) is 0 Å². The summed E-state index contributed by atoms with van der Waals surface area (Å²) >= 11 is 1.64. The third-order valence-corrected chi connectivity index (χ3v) is 5.52. The summed E-state index contributed by atoms with van der Waals surface area (Å²) < 4.78 is 7.60. The van der Waals surface area contributed by atoms with Crippen LogP contribution in [0.2, 0.25) is 0 Å². The normalized spacial score (nSPS) is 10.9. The van der Waals surface area contributed by atoms with Crippen molar-refractivity contribution >= 4 is 39.1 Å². The summed E-state index contributed by atoms with van der Waals surface area (Å²) in [5.74, 6) is -0.614. The summed E-state index contributed by atoms with van der Waals surface area (Å²) in [6.45, 7) is 4.22. The van der Waals surface area contributed by atoms with Gasteiger partial charge in [0.25, 0.3) is 0 Å². The molecule has 0 bridgehead atoms. The number of aromatic nitrogens is 1. The minimum atomic E-state index is -0.438. The Balaban J connectivity index is 1.89. The fourth-order valence-electron chi connectivity index (χ4n) is 2.92. The Bertz CT molecular complexity index is 955. The number of ether oxygens (including phenoxy) is 1. The fraction of sp³-hybridized carbons (Fsp3) is 0.300. The van der Waals surface area contributed by atoms with Crippen LogP contribution in [0.5, 0.6) is 0 Å². The number of benzene rings is 1. The highest BCUT2D eigenvalue weighted by atomic mass is 32.1. The Hall–Kier alpha value is -2.60. The van der Waals surface area contributed by atoms with E-state index in [9.17, 15) is 9.59 Å². The highest BCUT2D eigenvalue weighted by Gasteiger charge is 2.20. The number of nitrogens with one attached hydrogen (secondary N) is 1. The molecule has 0 aliphatic carbocycles. The number of carbonyl (C=O) groups excluding carboxylic acids is 2. The number of methoxy groups -OCH3 is 1. The van der Waals surface area contributed by atoms with Crippen molar-refractivity contribution in [1.82, 2.24) is 4.57 Å². The van der Waals surface area contributed by atoms with Crippen molar-refractivity contribution in [1.29, 1.82) is 0 Å². The molecule has 0 radical (unpaired) electrons. The summed E-state index contributed by atoms with van der Waals surface area (Å²) in [5, 5.41) is 2.92. The first-order valence-corrected chi connectivity index (χ1v) is 9.46. The number of aryl methyl sites for hydroxylation is 2. The van der Waals surface area contributed by atoms with Crippen LogP contribution < -0.4 is 5.32 Å². The lowest BCUT2D eigenvalue weighted by Gasteiger charge is -2.10. The molecule has 5 nitrogen and oxygen atoms in total. The predicted octanol–water partition coefficient (Wildman–Crippen LogP) is 4.25. The number of amides is 1. The number of fused-ring (bicyclic) bond motifs is 1. The highest BCUT2D eigenvalue weighted by molar-refractivity contribution is 7.19. The van der Waals surface area contributed by atoms with E-state index in [0.29, 0.717) is 5.69 Å². The maximum absolute atomic E-state index is 12.6. The molecule has 0 saturated carbocycles. The zero-order chi connectivity index (χ0) is 18.7. The lowest BCUT2D eigenvalue weighted by atomic mass is 10.1. The molecule has 0 saturated heterocycles. The van der Waals surface area contributed by atoms with E-state index in [1.807, 2.05) is 30.3 Å². The van der Waals surface area contributed by atoms with E-state index in [-0.39, 0.29) is 12.5 Å². The second-order valence-corrected chi connectivity index (χ2v) is 7.19. The van der Waals surface area contributed by atoms with Crippen LogP contribution in [0.25, 0.3) is 10.2 Å². The van der Waals surface area contributed by atoms with Crippen molar-refractivity contribution in [3.63, 3.8) is 0 Å². The molecule has 6 heteroatoms. The Morgan fingerprint density at radius 2 is 1.96 bits per heavy atom. The lowest BCUT2D eigenvalue weighted by molar-refractivity contribution is -0.116. The first-order chi connectivity index (χ1) is 12.5. The van der Waals surface area contributed by atoms with Gasteiger partial charge in [-0.3, -0.25) is 4.79 Å². The SMILES string of the molecule is CCc1cccc(NC(=O)Cn2c(C(=O)OC)cc3sc(CC)cc32)c1. The van der Waals surface area contributed by atoms with Gasteiger partial charge in [-0.15, -0.1) is 11.3 Å². The summed E-state index contributed by atoms with van der Waals surface area (Å²) in [5.41, 5.74) is 3.21. The van der Waals surface area contributed by atoms with Gasteiger partial charge in [-0.05, 0) is 42.7 Å². The summed E-state index contributed by atoms with van der Waals surface area (Å²) in [4.78, 5) is 25.9. The summed E-state index contributed by atoms with van der Waals surface area (Å²) in [6.07, 6.45) is 1.83. The molecule has 0 spiro atoms. The molecule has 0 atom stereocenters. The van der Waals surface area contributed by atoms with Crippen LogP contribution in [0, 0.1) is 0 Å². The Morgan fingerprint density at radius 3 is 2.65 bits per heavy atom. The second kappa shape index (κ2) is 7.74. The van der Waals surface area contributed by atoms with E-state index >= 15 is 0 Å². The minimum absolute atomic E-state index is 0.0597. The lowest BCUT2D eigenvalue weighted by Crippen LogP contribution is -2.21. The average Bonchev–Trinajstić information content (AvgIpc) is 3.20. The van der Waals surface area contributed by atoms with Gasteiger partial charge in [0.05, 0.1) is 17.3 Å². The molecular formula is C20H22N2O3S. The molecule has 0 aliphatic rings. The van der Waals surface area contributed by atoms with E-state index in [0.717, 1.165) is 34.3 Å². The molecule has 2 heterocycles. The van der Waals surface area contributed by atoms with Gasteiger partial charge in [-0.25, -0.2) is 4.79 Å². The van der Waals surface area contributed by atoms with Crippen LogP contribution in [0.3, 0.4) is 0 Å². The first-order valence-electron chi connectivity index (χ1n) is 8.64. The van der Waals surface area contributed by atoms with Gasteiger partial charge >= 0.3 is 5.97 Å². The van der Waals surface area contributed by atoms with E-state index in [4.69, 9.17) is 4.74 Å². The Labute approximate surface area is 156 Å². The van der Waals surface area contributed by atoms with Gasteiger partial charge in [-0.1, -0.05) is 26.0 Å². The molecule has 1 aromatic carbocycles. The van der Waals surface area contributed by atoms with Gasteiger partial charge < -0.3 is 14.6 Å². The van der Waals surface area contributed by atoms with E-state index in [1.54, 1.807) is 22.0 Å². The van der Waals surface area contributed by atoms with E-state index < -0.39 is 5.97 Å². The fourth-order valence-corrected chi connectivity index (χ4v) is 3.97. The third kappa shape index (κ3) is 3.65. The summed E-state index contributed by atoms with van der Waals surface area (Å²) in [6, 6.07) is 11.6. The van der Waals surface area contributed by atoms with E-state index in [2.05, 4.69) is 19.2 Å². The predicted molar refractivity (Wildman–Crippen MR) is 105 cm³/mol. The standard InChI is InChI=1S/C20H22N2O3S/c1-4-13-7-6-8-14(9-13)21-19(23)12-22-16-10-15(5-2)26-18(16)11-17(22)20(24)25-3/h6-11H,4-5,12H2,1-3H3,(H,21,23). The number of anilines is 1.